The van der Waals surface area contributed by atoms with Crippen LogP contribution in [-0.2, 0) is 4.79 Å². The van der Waals surface area contributed by atoms with E-state index in [4.69, 9.17) is 9.47 Å². The smallest absolute Gasteiger partial charge is 0.348 e. The lowest BCUT2D eigenvalue weighted by Crippen LogP contribution is -2.47. The second kappa shape index (κ2) is 14.5. The van der Waals surface area contributed by atoms with Crippen LogP contribution in [0.2, 0.25) is 25.7 Å². The summed E-state index contributed by atoms with van der Waals surface area (Å²) in [6.45, 7) is 15.9. The highest BCUT2D eigenvalue weighted by Gasteiger charge is 2.38. The molecule has 4 rings (SSSR count). The topological polar surface area (TPSA) is 102 Å². The average Bonchev–Trinajstić information content (AvgIpc) is 3.37. The maximum atomic E-state index is 14.2. The molecule has 0 spiro atoms. The Labute approximate surface area is 268 Å². The number of rotatable bonds is 10. The van der Waals surface area contributed by atoms with Crippen molar-refractivity contribution in [2.45, 2.75) is 117 Å². The minimum absolute atomic E-state index is 0.0448. The molecule has 2 fully saturated rings. The quantitative estimate of drug-likeness (QED) is 0.208. The SMILES string of the molecule is CC(C)(C)C#Cc1cc(N(C(=O)[C@H]2CC[C@H](C)CC2)[C@H]2CC[C@H](Oc3nccc(OCC[Si](C)(C)C)n3)CC2)c(C(=O)O)s1. The lowest BCUT2D eigenvalue weighted by Gasteiger charge is -2.39. The van der Waals surface area contributed by atoms with Crippen molar-refractivity contribution in [1.29, 1.82) is 0 Å². The summed E-state index contributed by atoms with van der Waals surface area (Å²) in [6, 6.07) is 4.81. The molecule has 0 atom stereocenters. The van der Waals surface area contributed by atoms with Gasteiger partial charge in [0.15, 0.2) is 0 Å². The maximum absolute atomic E-state index is 14.2. The van der Waals surface area contributed by atoms with Crippen molar-refractivity contribution in [1.82, 2.24) is 9.97 Å². The molecule has 2 heterocycles. The fourth-order valence-electron chi connectivity index (χ4n) is 5.72. The Balaban J connectivity index is 1.51. The number of aromatic nitrogens is 2. The summed E-state index contributed by atoms with van der Waals surface area (Å²) in [7, 11) is -1.21. The van der Waals surface area contributed by atoms with E-state index < -0.39 is 14.0 Å². The van der Waals surface area contributed by atoms with E-state index in [1.807, 2.05) is 31.7 Å². The van der Waals surface area contributed by atoms with Crippen LogP contribution in [0.1, 0.15) is 93.6 Å². The van der Waals surface area contributed by atoms with Crippen LogP contribution in [0, 0.1) is 29.1 Å². The number of ether oxygens (including phenoxy) is 2. The standard InChI is InChI=1S/C34H49N3O5SSi/c1-23-8-10-24(11-9-23)31(38)37(28-22-27(16-18-34(2,3)4)43-30(28)32(39)40)25-12-14-26(15-13-25)42-33-35-19-17-29(36-33)41-20-21-44(5,6)7/h17,19,22-26H,8-15,20-21H2,1-7H3,(H,39,40)/t23-,24-,25-,26-. The monoisotopic (exact) mass is 639 g/mol. The van der Waals surface area contributed by atoms with E-state index >= 15 is 0 Å². The van der Waals surface area contributed by atoms with Gasteiger partial charge in [0.2, 0.25) is 11.8 Å². The van der Waals surface area contributed by atoms with E-state index in [0.29, 0.717) is 60.7 Å². The van der Waals surface area contributed by atoms with Crippen LogP contribution >= 0.6 is 11.3 Å². The Kier molecular flexibility index (Phi) is 11.2. The van der Waals surface area contributed by atoms with Crippen LogP contribution in [0.5, 0.6) is 11.9 Å². The molecule has 0 aliphatic heterocycles. The maximum Gasteiger partial charge on any atom is 0.348 e. The number of aromatic carboxylic acids is 1. The van der Waals surface area contributed by atoms with Crippen molar-refractivity contribution in [2.75, 3.05) is 11.5 Å². The van der Waals surface area contributed by atoms with Gasteiger partial charge in [-0.25, -0.2) is 9.78 Å². The van der Waals surface area contributed by atoms with Crippen LogP contribution in [0.3, 0.4) is 0 Å². The molecule has 0 bridgehead atoms. The molecule has 1 N–H and O–H groups in total. The van der Waals surface area contributed by atoms with Gasteiger partial charge >= 0.3 is 12.0 Å². The van der Waals surface area contributed by atoms with Gasteiger partial charge in [0.1, 0.15) is 11.0 Å². The molecule has 2 saturated carbocycles. The van der Waals surface area contributed by atoms with Crippen LogP contribution in [-0.4, -0.2) is 53.8 Å². The number of thiophene rings is 1. The summed E-state index contributed by atoms with van der Waals surface area (Å²) in [4.78, 5) is 38.1. The first-order valence-corrected chi connectivity index (χ1v) is 20.6. The van der Waals surface area contributed by atoms with Gasteiger partial charge < -0.3 is 19.5 Å². The molecule has 2 aliphatic carbocycles. The zero-order valence-corrected chi connectivity index (χ0v) is 29.3. The van der Waals surface area contributed by atoms with E-state index in [9.17, 15) is 14.7 Å². The fourth-order valence-corrected chi connectivity index (χ4v) is 7.27. The minimum Gasteiger partial charge on any atom is -0.478 e. The zero-order chi connectivity index (χ0) is 32.1. The van der Waals surface area contributed by atoms with Crippen LogP contribution in [0.4, 0.5) is 5.69 Å². The third-order valence-electron chi connectivity index (χ3n) is 8.32. The van der Waals surface area contributed by atoms with Crippen molar-refractivity contribution < 1.29 is 24.2 Å². The van der Waals surface area contributed by atoms with Gasteiger partial charge in [0.25, 0.3) is 0 Å². The fraction of sp³-hybridized carbons (Fsp3) is 0.647. The van der Waals surface area contributed by atoms with E-state index in [0.717, 1.165) is 43.1 Å². The average molecular weight is 640 g/mol. The van der Waals surface area contributed by atoms with Crippen molar-refractivity contribution in [3.05, 3.63) is 28.1 Å². The van der Waals surface area contributed by atoms with Crippen molar-refractivity contribution >= 4 is 37.0 Å². The summed E-state index contributed by atoms with van der Waals surface area (Å²) < 4.78 is 12.1. The molecular formula is C34H49N3O5SSi. The van der Waals surface area contributed by atoms with Crippen LogP contribution in [0.15, 0.2) is 18.3 Å². The normalized spacial score (nSPS) is 22.4. The summed E-state index contributed by atoms with van der Waals surface area (Å²) in [5, 5.41) is 10.2. The number of carbonyl (C=O) groups excluding carboxylic acids is 1. The number of nitrogens with zero attached hydrogens (tertiary/aromatic N) is 3. The van der Waals surface area contributed by atoms with Crippen molar-refractivity contribution in [3.8, 4) is 23.7 Å². The number of hydrogen-bond acceptors (Lipinski definition) is 7. The predicted octanol–water partition coefficient (Wildman–Crippen LogP) is 7.90. The van der Waals surface area contributed by atoms with Gasteiger partial charge in [0.05, 0.1) is 17.2 Å². The third kappa shape index (κ3) is 9.80. The predicted molar refractivity (Wildman–Crippen MR) is 179 cm³/mol. The van der Waals surface area contributed by atoms with E-state index in [1.54, 1.807) is 12.3 Å². The Morgan fingerprint density at radius 1 is 1.09 bits per heavy atom. The molecule has 0 unspecified atom stereocenters. The lowest BCUT2D eigenvalue weighted by atomic mass is 9.81. The molecule has 240 valence electrons. The molecule has 0 aromatic carbocycles. The summed E-state index contributed by atoms with van der Waals surface area (Å²) in [6.07, 6.45) is 8.10. The summed E-state index contributed by atoms with van der Waals surface area (Å²) in [5.41, 5.74) is 0.268. The van der Waals surface area contributed by atoms with Gasteiger partial charge in [0, 0.05) is 37.7 Å². The van der Waals surface area contributed by atoms with Gasteiger partial charge in [-0.1, -0.05) is 38.4 Å². The van der Waals surface area contributed by atoms with E-state index in [-0.39, 0.29) is 34.3 Å². The number of carboxylic acid groups (broad SMARTS) is 1. The van der Waals surface area contributed by atoms with Crippen molar-refractivity contribution in [2.24, 2.45) is 17.3 Å². The summed E-state index contributed by atoms with van der Waals surface area (Å²) in [5.74, 6) is 6.44. The number of anilines is 1. The van der Waals surface area contributed by atoms with Gasteiger partial charge in [-0.2, -0.15) is 4.98 Å². The Morgan fingerprint density at radius 3 is 2.39 bits per heavy atom. The van der Waals surface area contributed by atoms with Crippen molar-refractivity contribution in [3.63, 3.8) is 0 Å². The number of carboxylic acids is 1. The largest absolute Gasteiger partial charge is 0.478 e. The second-order valence-electron chi connectivity index (χ2n) is 14.7. The molecule has 1 amide bonds. The molecular weight excluding hydrogens is 591 g/mol. The Morgan fingerprint density at radius 2 is 1.77 bits per heavy atom. The van der Waals surface area contributed by atoms with Gasteiger partial charge in [-0.3, -0.25) is 4.79 Å². The molecule has 8 nitrogen and oxygen atoms in total. The molecule has 2 aromatic heterocycles. The first-order valence-electron chi connectivity index (χ1n) is 16.0. The number of carbonyl (C=O) groups is 2. The highest BCUT2D eigenvalue weighted by atomic mass is 32.1. The molecule has 2 aromatic rings. The van der Waals surface area contributed by atoms with Gasteiger partial charge in [-0.05, 0) is 90.2 Å². The highest BCUT2D eigenvalue weighted by molar-refractivity contribution is 7.15. The Bertz CT molecular complexity index is 1350. The number of hydrogen-bond donors (Lipinski definition) is 1. The highest BCUT2D eigenvalue weighted by Crippen LogP contribution is 2.39. The first kappa shape index (κ1) is 34.0. The molecule has 2 aliphatic rings. The molecule has 44 heavy (non-hydrogen) atoms. The third-order valence-corrected chi connectivity index (χ3v) is 11.1. The van der Waals surface area contributed by atoms with Gasteiger partial charge in [-0.15, -0.1) is 11.3 Å². The second-order valence-corrected chi connectivity index (χ2v) is 21.4. The molecule has 0 radical (unpaired) electrons. The molecule has 0 saturated heterocycles. The number of amides is 1. The summed E-state index contributed by atoms with van der Waals surface area (Å²) >= 11 is 1.16. The van der Waals surface area contributed by atoms with E-state index in [1.165, 1.54) is 0 Å². The van der Waals surface area contributed by atoms with Crippen LogP contribution in [0.25, 0.3) is 0 Å². The van der Waals surface area contributed by atoms with Crippen LogP contribution < -0.4 is 14.4 Å². The minimum atomic E-state index is -1.21. The molecule has 10 heteroatoms. The lowest BCUT2D eigenvalue weighted by molar-refractivity contribution is -0.124. The van der Waals surface area contributed by atoms with E-state index in [2.05, 4.69) is 48.4 Å². The first-order chi connectivity index (χ1) is 20.7. The zero-order valence-electron chi connectivity index (χ0n) is 27.4. The Hall–Kier alpha value is -2.90.